The third kappa shape index (κ3) is 3.69. The summed E-state index contributed by atoms with van der Waals surface area (Å²) in [6.45, 7) is 3.57. The molecule has 0 unspecified atom stereocenters. The standard InChI is InChI=1S/C24H23NO5S2/c1-17(2)25-23-12-8-7-11-20(23)22(16-31(26,27)19-9-5-4-6-10-19)21-15-18(30-3)13-14-24(21)32(25,28)29/h4-17H,1-3H3/b22-16+. The Morgan fingerprint density at radius 3 is 2.22 bits per heavy atom. The molecular formula is C24H23NO5S2. The van der Waals surface area contributed by atoms with Crippen LogP contribution in [0, 0.1) is 0 Å². The van der Waals surface area contributed by atoms with Crippen LogP contribution in [0.2, 0.25) is 0 Å². The van der Waals surface area contributed by atoms with Crippen LogP contribution in [0.25, 0.3) is 5.57 Å². The monoisotopic (exact) mass is 469 g/mol. The summed E-state index contributed by atoms with van der Waals surface area (Å²) in [5.74, 6) is 0.428. The molecule has 0 radical (unpaired) electrons. The highest BCUT2D eigenvalue weighted by molar-refractivity contribution is 7.94. The summed E-state index contributed by atoms with van der Waals surface area (Å²) in [5.41, 5.74) is 1.51. The largest absolute Gasteiger partial charge is 0.497 e. The fraction of sp³-hybridized carbons (Fsp3) is 0.167. The van der Waals surface area contributed by atoms with E-state index >= 15 is 0 Å². The van der Waals surface area contributed by atoms with Crippen molar-refractivity contribution in [1.82, 2.24) is 0 Å². The molecule has 8 heteroatoms. The van der Waals surface area contributed by atoms with Crippen molar-refractivity contribution < 1.29 is 21.6 Å². The van der Waals surface area contributed by atoms with Crippen LogP contribution >= 0.6 is 0 Å². The average Bonchev–Trinajstić information content (AvgIpc) is 2.85. The highest BCUT2D eigenvalue weighted by Crippen LogP contribution is 2.44. The van der Waals surface area contributed by atoms with Crippen molar-refractivity contribution in [3.63, 3.8) is 0 Å². The molecule has 0 saturated carbocycles. The van der Waals surface area contributed by atoms with E-state index in [4.69, 9.17) is 4.74 Å². The van der Waals surface area contributed by atoms with Crippen molar-refractivity contribution in [3.8, 4) is 5.75 Å². The number of sulfonamides is 1. The zero-order chi connectivity index (χ0) is 23.1. The van der Waals surface area contributed by atoms with Gasteiger partial charge in [0.2, 0.25) is 0 Å². The first-order valence-electron chi connectivity index (χ1n) is 10.0. The number of fused-ring (bicyclic) bond motifs is 2. The lowest BCUT2D eigenvalue weighted by Crippen LogP contribution is -2.37. The first kappa shape index (κ1) is 22.1. The Morgan fingerprint density at radius 1 is 0.906 bits per heavy atom. The van der Waals surface area contributed by atoms with Crippen LogP contribution in [-0.4, -0.2) is 30.0 Å². The van der Waals surface area contributed by atoms with Gasteiger partial charge in [0, 0.05) is 28.1 Å². The number of anilines is 1. The van der Waals surface area contributed by atoms with E-state index in [0.717, 1.165) is 5.41 Å². The normalized spacial score (nSPS) is 16.4. The predicted molar refractivity (Wildman–Crippen MR) is 125 cm³/mol. The van der Waals surface area contributed by atoms with Gasteiger partial charge in [-0.3, -0.25) is 4.31 Å². The van der Waals surface area contributed by atoms with Crippen LogP contribution in [0.4, 0.5) is 5.69 Å². The van der Waals surface area contributed by atoms with Crippen LogP contribution in [0.1, 0.15) is 25.0 Å². The van der Waals surface area contributed by atoms with Gasteiger partial charge in [-0.2, -0.15) is 0 Å². The number of ether oxygens (including phenoxy) is 1. The third-order valence-corrected chi connectivity index (χ3v) is 8.78. The molecule has 1 heterocycles. The lowest BCUT2D eigenvalue weighted by atomic mass is 9.97. The lowest BCUT2D eigenvalue weighted by molar-refractivity contribution is 0.414. The molecule has 0 spiro atoms. The van der Waals surface area contributed by atoms with Crippen LogP contribution in [-0.2, 0) is 19.9 Å². The summed E-state index contributed by atoms with van der Waals surface area (Å²) in [6.07, 6.45) is 0. The van der Waals surface area contributed by atoms with Gasteiger partial charge in [0.25, 0.3) is 10.0 Å². The maximum absolute atomic E-state index is 13.7. The lowest BCUT2D eigenvalue weighted by Gasteiger charge is -2.28. The number of methoxy groups -OCH3 is 1. The van der Waals surface area contributed by atoms with Gasteiger partial charge in [-0.25, -0.2) is 16.8 Å². The molecule has 0 bridgehead atoms. The molecule has 1 aliphatic rings. The molecule has 3 aromatic rings. The smallest absolute Gasteiger partial charge is 0.265 e. The summed E-state index contributed by atoms with van der Waals surface area (Å²) in [5, 5.41) is 1.15. The minimum absolute atomic E-state index is 0.0257. The Bertz CT molecular complexity index is 1410. The van der Waals surface area contributed by atoms with Crippen molar-refractivity contribution >= 4 is 31.1 Å². The minimum atomic E-state index is -3.97. The van der Waals surface area contributed by atoms with Gasteiger partial charge < -0.3 is 4.74 Å². The van der Waals surface area contributed by atoms with Crippen LogP contribution in [0.3, 0.4) is 0 Å². The summed E-state index contributed by atoms with van der Waals surface area (Å²) < 4.78 is 60.7. The van der Waals surface area contributed by atoms with Crippen LogP contribution in [0.5, 0.6) is 5.75 Å². The first-order valence-corrected chi connectivity index (χ1v) is 13.0. The van der Waals surface area contributed by atoms with Crippen molar-refractivity contribution in [2.75, 3.05) is 11.4 Å². The zero-order valence-electron chi connectivity index (χ0n) is 17.9. The van der Waals surface area contributed by atoms with Gasteiger partial charge >= 0.3 is 0 Å². The molecule has 6 nitrogen and oxygen atoms in total. The van der Waals surface area contributed by atoms with Gasteiger partial charge in [0.05, 0.1) is 22.6 Å². The van der Waals surface area contributed by atoms with Gasteiger partial charge in [-0.15, -0.1) is 0 Å². The maximum Gasteiger partial charge on any atom is 0.265 e. The predicted octanol–water partition coefficient (Wildman–Crippen LogP) is 4.48. The molecule has 1 aliphatic heterocycles. The quantitative estimate of drug-likeness (QED) is 0.563. The Hall–Kier alpha value is -3.10. The molecule has 0 fully saturated rings. The topological polar surface area (TPSA) is 80.8 Å². The summed E-state index contributed by atoms with van der Waals surface area (Å²) in [4.78, 5) is 0.153. The highest BCUT2D eigenvalue weighted by atomic mass is 32.2. The van der Waals surface area contributed by atoms with Crippen LogP contribution < -0.4 is 9.04 Å². The van der Waals surface area contributed by atoms with E-state index < -0.39 is 19.9 Å². The summed E-state index contributed by atoms with van der Waals surface area (Å²) >= 11 is 0. The fourth-order valence-corrected chi connectivity index (χ4v) is 6.97. The molecule has 4 rings (SSSR count). The number of benzene rings is 3. The van der Waals surface area contributed by atoms with E-state index in [-0.39, 0.29) is 21.4 Å². The first-order chi connectivity index (χ1) is 15.2. The number of hydrogen-bond acceptors (Lipinski definition) is 5. The average molecular weight is 470 g/mol. The van der Waals surface area contributed by atoms with E-state index in [1.54, 1.807) is 68.4 Å². The van der Waals surface area contributed by atoms with Crippen molar-refractivity contribution in [3.05, 3.63) is 89.3 Å². The molecular weight excluding hydrogens is 446 g/mol. The van der Waals surface area contributed by atoms with Gasteiger partial charge in [-0.1, -0.05) is 36.4 Å². The Kier molecular flexibility index (Phi) is 5.60. The van der Waals surface area contributed by atoms with Gasteiger partial charge in [-0.05, 0) is 50.2 Å². The molecule has 0 amide bonds. The third-order valence-electron chi connectivity index (χ3n) is 5.26. The van der Waals surface area contributed by atoms with Crippen LogP contribution in [0.15, 0.2) is 88.0 Å². The van der Waals surface area contributed by atoms with Crippen molar-refractivity contribution in [2.24, 2.45) is 0 Å². The second-order valence-corrected chi connectivity index (χ2v) is 11.2. The zero-order valence-corrected chi connectivity index (χ0v) is 19.5. The molecule has 0 aliphatic carbocycles. The SMILES string of the molecule is COc1ccc2c(c1)/C(=C/S(=O)(=O)c1ccccc1)c1ccccc1N(C(C)C)S2(=O)=O. The number of hydrogen-bond donors (Lipinski definition) is 0. The Balaban J connectivity index is 2.14. The molecule has 3 aromatic carbocycles. The molecule has 166 valence electrons. The number of rotatable bonds is 4. The number of nitrogens with zero attached hydrogens (tertiary/aromatic N) is 1. The van der Waals surface area contributed by atoms with Gasteiger partial charge in [0.1, 0.15) is 5.75 Å². The highest BCUT2D eigenvalue weighted by Gasteiger charge is 2.36. The van der Waals surface area contributed by atoms with Crippen molar-refractivity contribution in [2.45, 2.75) is 29.7 Å². The second kappa shape index (κ2) is 8.11. The van der Waals surface area contributed by atoms with Crippen molar-refractivity contribution in [1.29, 1.82) is 0 Å². The minimum Gasteiger partial charge on any atom is -0.497 e. The molecule has 0 aromatic heterocycles. The Labute approximate surface area is 188 Å². The number of sulfone groups is 1. The molecule has 0 N–H and O–H groups in total. The molecule has 32 heavy (non-hydrogen) atoms. The second-order valence-electron chi connectivity index (χ2n) is 7.66. The van der Waals surface area contributed by atoms with E-state index in [1.165, 1.54) is 29.6 Å². The molecule has 0 saturated heterocycles. The maximum atomic E-state index is 13.7. The van der Waals surface area contributed by atoms with Gasteiger partial charge in [0.15, 0.2) is 9.84 Å². The summed E-state index contributed by atoms with van der Waals surface area (Å²) in [7, 11) is -6.36. The van der Waals surface area contributed by atoms with E-state index in [0.29, 0.717) is 22.6 Å². The Morgan fingerprint density at radius 2 is 1.56 bits per heavy atom. The van der Waals surface area contributed by atoms with E-state index in [1.807, 2.05) is 0 Å². The van der Waals surface area contributed by atoms with E-state index in [9.17, 15) is 16.8 Å². The van der Waals surface area contributed by atoms with E-state index in [2.05, 4.69) is 0 Å². The summed E-state index contributed by atoms with van der Waals surface area (Å²) in [6, 6.07) is 19.2. The fourth-order valence-electron chi connectivity index (χ4n) is 3.86. The number of para-hydroxylation sites is 1. The molecule has 0 atom stereocenters.